The molecule has 0 aliphatic heterocycles. The highest BCUT2D eigenvalue weighted by Gasteiger charge is 2.07. The Morgan fingerprint density at radius 3 is 2.69 bits per heavy atom. The summed E-state index contributed by atoms with van der Waals surface area (Å²) >= 11 is 0. The second-order valence-electron chi connectivity index (χ2n) is 2.77. The van der Waals surface area contributed by atoms with Crippen molar-refractivity contribution in [2.24, 2.45) is 0 Å². The van der Waals surface area contributed by atoms with E-state index in [1.165, 1.54) is 7.11 Å². The third kappa shape index (κ3) is 1.96. The van der Waals surface area contributed by atoms with Crippen molar-refractivity contribution < 1.29 is 9.53 Å². The van der Waals surface area contributed by atoms with Crippen LogP contribution in [0.4, 0.5) is 0 Å². The topological polar surface area (TPSA) is 26.3 Å². The Labute approximate surface area is 77.8 Å². The van der Waals surface area contributed by atoms with E-state index < -0.39 is 0 Å². The molecule has 0 N–H and O–H groups in total. The Bertz CT molecular complexity index is 340. The van der Waals surface area contributed by atoms with Gasteiger partial charge in [-0.3, -0.25) is 0 Å². The van der Waals surface area contributed by atoms with E-state index in [0.29, 0.717) is 5.56 Å². The molecule has 0 bridgehead atoms. The molecule has 0 atom stereocenters. The Morgan fingerprint density at radius 1 is 1.54 bits per heavy atom. The third-order valence-corrected chi connectivity index (χ3v) is 1.89. The maximum absolute atomic E-state index is 11.2. The zero-order chi connectivity index (χ0) is 9.84. The van der Waals surface area contributed by atoms with Gasteiger partial charge in [-0.05, 0) is 24.1 Å². The summed E-state index contributed by atoms with van der Waals surface area (Å²) < 4.78 is 4.63. The maximum atomic E-state index is 11.2. The number of hydrogen-bond donors (Lipinski definition) is 0. The van der Waals surface area contributed by atoms with Gasteiger partial charge in [-0.25, -0.2) is 4.79 Å². The van der Waals surface area contributed by atoms with Crippen molar-refractivity contribution in [3.63, 3.8) is 0 Å². The Kier molecular flexibility index (Phi) is 2.85. The van der Waals surface area contributed by atoms with Crippen LogP contribution in [0.15, 0.2) is 24.8 Å². The average Bonchev–Trinajstić information content (AvgIpc) is 2.16. The predicted molar refractivity (Wildman–Crippen MR) is 52.6 cm³/mol. The van der Waals surface area contributed by atoms with Crippen molar-refractivity contribution in [3.05, 3.63) is 41.5 Å². The molecule has 68 valence electrons. The molecule has 0 amide bonds. The zero-order valence-corrected chi connectivity index (χ0v) is 7.83. The molecule has 1 rings (SSSR count). The van der Waals surface area contributed by atoms with Gasteiger partial charge < -0.3 is 4.74 Å². The molecule has 1 aromatic carbocycles. The highest BCUT2D eigenvalue weighted by Crippen LogP contribution is 2.12. The molecule has 0 fully saturated rings. The van der Waals surface area contributed by atoms with Crippen LogP contribution in [0.25, 0.3) is 6.08 Å². The number of ether oxygens (including phenoxy) is 1. The number of benzene rings is 1. The van der Waals surface area contributed by atoms with Crippen molar-refractivity contribution in [2.75, 3.05) is 7.11 Å². The highest BCUT2D eigenvalue weighted by atomic mass is 16.5. The predicted octanol–water partition coefficient (Wildman–Crippen LogP) is 2.42. The molecule has 0 spiro atoms. The van der Waals surface area contributed by atoms with Gasteiger partial charge in [0.15, 0.2) is 0 Å². The number of esters is 1. The summed E-state index contributed by atoms with van der Waals surface area (Å²) in [5.74, 6) is -0.298. The molecule has 0 unspecified atom stereocenters. The van der Waals surface area contributed by atoms with Crippen molar-refractivity contribution in [1.82, 2.24) is 0 Å². The lowest BCUT2D eigenvalue weighted by Crippen LogP contribution is -2.03. The molecule has 13 heavy (non-hydrogen) atoms. The van der Waals surface area contributed by atoms with Gasteiger partial charge in [0.05, 0.1) is 12.7 Å². The standard InChI is InChI=1S/C11H12O2/c1-4-9-5-6-10(8(2)7-9)11(12)13-3/h4-7H,1H2,2-3H3. The van der Waals surface area contributed by atoms with Gasteiger partial charge in [0.1, 0.15) is 0 Å². The first-order valence-electron chi connectivity index (χ1n) is 4.00. The molecule has 2 heteroatoms. The van der Waals surface area contributed by atoms with Crippen molar-refractivity contribution in [1.29, 1.82) is 0 Å². The monoisotopic (exact) mass is 176 g/mol. The van der Waals surface area contributed by atoms with Crippen molar-refractivity contribution >= 4 is 12.0 Å². The Balaban J connectivity index is 3.12. The van der Waals surface area contributed by atoms with Crippen LogP contribution in [0.2, 0.25) is 0 Å². The molecule has 0 radical (unpaired) electrons. The number of hydrogen-bond acceptors (Lipinski definition) is 2. The van der Waals surface area contributed by atoms with Gasteiger partial charge >= 0.3 is 5.97 Å². The molecule has 0 aliphatic rings. The minimum Gasteiger partial charge on any atom is -0.465 e. The molecule has 0 saturated carbocycles. The van der Waals surface area contributed by atoms with Gasteiger partial charge in [0.2, 0.25) is 0 Å². The smallest absolute Gasteiger partial charge is 0.338 e. The minimum absolute atomic E-state index is 0.298. The van der Waals surface area contributed by atoms with E-state index in [-0.39, 0.29) is 5.97 Å². The lowest BCUT2D eigenvalue weighted by atomic mass is 10.1. The SMILES string of the molecule is C=Cc1ccc(C(=O)OC)c(C)c1. The highest BCUT2D eigenvalue weighted by molar-refractivity contribution is 5.91. The van der Waals surface area contributed by atoms with Crippen LogP contribution in [0.1, 0.15) is 21.5 Å². The van der Waals surface area contributed by atoms with E-state index in [1.54, 1.807) is 12.1 Å². The normalized spacial score (nSPS) is 9.38. The number of aryl methyl sites for hydroxylation is 1. The summed E-state index contributed by atoms with van der Waals surface area (Å²) in [6.07, 6.45) is 1.74. The van der Waals surface area contributed by atoms with Gasteiger partial charge in [0, 0.05) is 0 Å². The summed E-state index contributed by atoms with van der Waals surface area (Å²) in [6.45, 7) is 5.52. The quantitative estimate of drug-likeness (QED) is 0.647. The number of methoxy groups -OCH3 is 1. The first kappa shape index (κ1) is 9.52. The van der Waals surface area contributed by atoms with Crippen LogP contribution in [-0.4, -0.2) is 13.1 Å². The van der Waals surface area contributed by atoms with E-state index in [1.807, 2.05) is 19.1 Å². The first-order valence-corrected chi connectivity index (χ1v) is 4.00. The zero-order valence-electron chi connectivity index (χ0n) is 7.83. The second kappa shape index (κ2) is 3.90. The van der Waals surface area contributed by atoms with E-state index in [4.69, 9.17) is 0 Å². The molecular weight excluding hydrogens is 164 g/mol. The van der Waals surface area contributed by atoms with Crippen molar-refractivity contribution in [2.45, 2.75) is 6.92 Å². The fourth-order valence-corrected chi connectivity index (χ4v) is 1.15. The van der Waals surface area contributed by atoms with Gasteiger partial charge in [-0.2, -0.15) is 0 Å². The van der Waals surface area contributed by atoms with Gasteiger partial charge in [0.25, 0.3) is 0 Å². The lowest BCUT2D eigenvalue weighted by molar-refractivity contribution is 0.0600. The van der Waals surface area contributed by atoms with E-state index in [9.17, 15) is 4.79 Å². The van der Waals surface area contributed by atoms with E-state index in [0.717, 1.165) is 11.1 Å². The third-order valence-electron chi connectivity index (χ3n) is 1.89. The van der Waals surface area contributed by atoms with Gasteiger partial charge in [-0.1, -0.05) is 24.8 Å². The molecule has 0 saturated heterocycles. The Hall–Kier alpha value is -1.57. The van der Waals surface area contributed by atoms with Crippen molar-refractivity contribution in [3.8, 4) is 0 Å². The second-order valence-corrected chi connectivity index (χ2v) is 2.77. The molecule has 0 heterocycles. The average molecular weight is 176 g/mol. The van der Waals surface area contributed by atoms with Crippen LogP contribution in [0, 0.1) is 6.92 Å². The molecule has 0 aliphatic carbocycles. The molecule has 0 aromatic heterocycles. The minimum atomic E-state index is -0.298. The fraction of sp³-hybridized carbons (Fsp3) is 0.182. The van der Waals surface area contributed by atoms with Crippen LogP contribution in [0.5, 0.6) is 0 Å². The largest absolute Gasteiger partial charge is 0.465 e. The number of rotatable bonds is 2. The molecule has 2 nitrogen and oxygen atoms in total. The fourth-order valence-electron chi connectivity index (χ4n) is 1.15. The van der Waals surface area contributed by atoms with Crippen LogP contribution >= 0.6 is 0 Å². The summed E-state index contributed by atoms with van der Waals surface area (Å²) in [7, 11) is 1.38. The summed E-state index contributed by atoms with van der Waals surface area (Å²) in [5, 5.41) is 0. The number of carbonyl (C=O) groups is 1. The van der Waals surface area contributed by atoms with E-state index in [2.05, 4.69) is 11.3 Å². The summed E-state index contributed by atoms with van der Waals surface area (Å²) in [4.78, 5) is 11.2. The first-order chi connectivity index (χ1) is 6.19. The molecular formula is C11H12O2. The summed E-state index contributed by atoms with van der Waals surface area (Å²) in [5.41, 5.74) is 2.52. The molecule has 1 aromatic rings. The van der Waals surface area contributed by atoms with Crippen LogP contribution in [0.3, 0.4) is 0 Å². The van der Waals surface area contributed by atoms with Gasteiger partial charge in [-0.15, -0.1) is 0 Å². The maximum Gasteiger partial charge on any atom is 0.338 e. The number of carbonyl (C=O) groups excluding carboxylic acids is 1. The van der Waals surface area contributed by atoms with Crippen LogP contribution < -0.4 is 0 Å². The van der Waals surface area contributed by atoms with E-state index >= 15 is 0 Å². The van der Waals surface area contributed by atoms with Crippen LogP contribution in [-0.2, 0) is 4.74 Å². The lowest BCUT2D eigenvalue weighted by Gasteiger charge is -2.03. The summed E-state index contributed by atoms with van der Waals surface area (Å²) in [6, 6.07) is 5.49. The Morgan fingerprint density at radius 2 is 2.23 bits per heavy atom.